The predicted octanol–water partition coefficient (Wildman–Crippen LogP) is 17.2. The van der Waals surface area contributed by atoms with Gasteiger partial charge in [-0.15, -0.1) is 0 Å². The van der Waals surface area contributed by atoms with Gasteiger partial charge in [-0.3, -0.25) is 9.36 Å². The van der Waals surface area contributed by atoms with Crippen molar-refractivity contribution in [3.63, 3.8) is 0 Å². The van der Waals surface area contributed by atoms with Crippen molar-refractivity contribution in [2.24, 2.45) is 0 Å². The normalized spacial score (nSPS) is 14.7. The Bertz CT molecular complexity index is 1390. The number of allylic oxidation sites excluding steroid dienone is 10. The van der Waals surface area contributed by atoms with Crippen LogP contribution in [0.2, 0.25) is 0 Å². The Morgan fingerprint density at radius 1 is 0.493 bits per heavy atom. The summed E-state index contributed by atoms with van der Waals surface area (Å²) < 4.78 is 23.2. The first-order valence-corrected chi connectivity index (χ1v) is 32.2. The number of nitrogens with zero attached hydrogens (tertiary/aromatic N) is 1. The Hall–Kier alpha value is -1.84. The molecule has 1 amide bonds. The van der Waals surface area contributed by atoms with E-state index in [-0.39, 0.29) is 18.9 Å². The number of quaternary nitrogens is 1. The van der Waals surface area contributed by atoms with E-state index in [1.165, 1.54) is 180 Å². The van der Waals surface area contributed by atoms with Crippen molar-refractivity contribution < 1.29 is 38.0 Å². The second-order valence-corrected chi connectivity index (χ2v) is 23.6. The lowest BCUT2D eigenvalue weighted by Gasteiger charge is -2.31. The second-order valence-electron chi connectivity index (χ2n) is 22.2. The fourth-order valence-corrected chi connectivity index (χ4v) is 9.65. The average Bonchev–Trinajstić information content (AvgIpc) is 3.35. The third kappa shape index (κ3) is 54.7. The molecule has 9 nitrogen and oxygen atoms in total. The topological polar surface area (TPSA) is 128 Å². The van der Waals surface area contributed by atoms with Crippen LogP contribution in [0, 0.1) is 0 Å². The number of rotatable bonds is 56. The number of aliphatic hydroxyl groups is 2. The number of carbonyl (C=O) groups excluding carboxylic acids is 1. The number of aliphatic hydroxyl groups excluding tert-OH is 2. The van der Waals surface area contributed by atoms with Gasteiger partial charge in [-0.05, 0) is 89.9 Å². The molecule has 0 spiro atoms. The molecule has 4 unspecified atom stereocenters. The molecule has 0 aromatic heterocycles. The molecule has 10 heteroatoms. The highest BCUT2D eigenvalue weighted by Gasteiger charge is 2.29. The molecule has 0 radical (unpaired) electrons. The molecule has 3 N–H and O–H groups in total. The summed E-state index contributed by atoms with van der Waals surface area (Å²) in [6, 6.07) is -1.10. The monoisotopic (exact) mass is 1050 g/mol. The van der Waals surface area contributed by atoms with Crippen molar-refractivity contribution in [1.82, 2.24) is 5.32 Å². The lowest BCUT2D eigenvalue weighted by Crippen LogP contribution is -2.51. The SMILES string of the molecule is CCCCC/C=C/CC/C=C/CCCC(O)C(O)C(COP(=O)([O-])OCC[N+](C)(C)C)NC(=O)CCCCCCCCCCCCCCCCCCCCCCCC/C=C\C/C=C\C/C=C\CCCCCCC. The molecule has 428 valence electrons. The van der Waals surface area contributed by atoms with Gasteiger partial charge in [0.1, 0.15) is 19.3 Å². The smallest absolute Gasteiger partial charge is 0.268 e. The summed E-state index contributed by atoms with van der Waals surface area (Å²) in [4.78, 5) is 25.5. The molecule has 0 aliphatic carbocycles. The molecule has 0 heterocycles. The zero-order valence-electron chi connectivity index (χ0n) is 48.4. The van der Waals surface area contributed by atoms with Crippen molar-refractivity contribution in [2.75, 3.05) is 40.9 Å². The third-order valence-electron chi connectivity index (χ3n) is 13.8. The van der Waals surface area contributed by atoms with E-state index in [0.29, 0.717) is 30.3 Å². The molecular weight excluding hydrogens is 928 g/mol. The van der Waals surface area contributed by atoms with Gasteiger partial charge in [0.2, 0.25) is 5.91 Å². The first-order valence-electron chi connectivity index (χ1n) is 30.7. The molecule has 0 aromatic carbocycles. The summed E-state index contributed by atoms with van der Waals surface area (Å²) in [6.07, 6.45) is 68.9. The Labute approximate surface area is 452 Å². The number of phosphoric acid groups is 1. The van der Waals surface area contributed by atoms with Crippen molar-refractivity contribution in [3.05, 3.63) is 60.8 Å². The standard InChI is InChI=1S/C63H119N2O7P/c1-6-8-10-12-14-16-18-20-21-22-23-24-25-26-27-28-29-30-31-32-33-34-35-36-37-38-39-40-41-42-43-44-46-48-50-52-54-56-62(67)64-60(59-72-73(69,70)71-58-57-65(3,4)5)63(68)61(66)55-53-51-49-47-45-19-17-15-13-11-9-7-2/h15,17-18,20,22-23,25-26,47,49,60-61,63,66,68H,6-14,16,19,21,24,27-46,48,50-59H2,1-5H3,(H-,64,67,69,70)/b17-15+,20-18-,23-22-,26-25-,49-47+. The fraction of sp³-hybridized carbons (Fsp3) is 0.825. The third-order valence-corrected chi connectivity index (χ3v) is 14.8. The molecule has 0 aromatic rings. The van der Waals surface area contributed by atoms with Gasteiger partial charge in [-0.25, -0.2) is 0 Å². The van der Waals surface area contributed by atoms with Gasteiger partial charge < -0.3 is 34.0 Å². The quantitative estimate of drug-likeness (QED) is 0.0240. The van der Waals surface area contributed by atoms with Gasteiger partial charge in [-0.1, -0.05) is 242 Å². The summed E-state index contributed by atoms with van der Waals surface area (Å²) in [6.45, 7) is 4.38. The Kier molecular flexibility index (Phi) is 52.2. The van der Waals surface area contributed by atoms with Gasteiger partial charge in [0.15, 0.2) is 0 Å². The molecule has 0 fully saturated rings. The van der Waals surface area contributed by atoms with E-state index in [1.807, 2.05) is 21.1 Å². The van der Waals surface area contributed by atoms with Crippen LogP contribution in [0.5, 0.6) is 0 Å². The van der Waals surface area contributed by atoms with Crippen molar-refractivity contribution >= 4 is 13.7 Å². The summed E-state index contributed by atoms with van der Waals surface area (Å²) in [5.74, 6) is -0.290. The van der Waals surface area contributed by atoms with Crippen molar-refractivity contribution in [3.8, 4) is 0 Å². The molecule has 0 rings (SSSR count). The number of hydrogen-bond donors (Lipinski definition) is 3. The Morgan fingerprint density at radius 3 is 1.27 bits per heavy atom. The van der Waals surface area contributed by atoms with Crippen molar-refractivity contribution in [2.45, 2.75) is 295 Å². The summed E-state index contributed by atoms with van der Waals surface area (Å²) in [5.41, 5.74) is 0. The van der Waals surface area contributed by atoms with Crippen LogP contribution in [0.3, 0.4) is 0 Å². The van der Waals surface area contributed by atoms with E-state index < -0.39 is 32.7 Å². The van der Waals surface area contributed by atoms with E-state index in [2.05, 4.69) is 79.9 Å². The minimum atomic E-state index is -4.68. The Balaban J connectivity index is 4.00. The molecule has 0 bridgehead atoms. The highest BCUT2D eigenvalue weighted by molar-refractivity contribution is 7.45. The lowest BCUT2D eigenvalue weighted by atomic mass is 10.0. The minimum Gasteiger partial charge on any atom is -0.756 e. The fourth-order valence-electron chi connectivity index (χ4n) is 8.93. The van der Waals surface area contributed by atoms with Crippen LogP contribution in [0.25, 0.3) is 0 Å². The minimum absolute atomic E-state index is 0.0489. The molecular formula is C63H119N2O7P. The van der Waals surface area contributed by atoms with Gasteiger partial charge in [0.25, 0.3) is 7.82 Å². The second kappa shape index (κ2) is 53.6. The number of unbranched alkanes of at least 4 members (excludes halogenated alkanes) is 32. The largest absolute Gasteiger partial charge is 0.756 e. The van der Waals surface area contributed by atoms with Gasteiger partial charge >= 0.3 is 0 Å². The number of carbonyl (C=O) groups is 1. The van der Waals surface area contributed by atoms with Crippen LogP contribution in [0.4, 0.5) is 0 Å². The number of hydrogen-bond acceptors (Lipinski definition) is 7. The number of likely N-dealkylation sites (N-methyl/N-ethyl adjacent to an activating group) is 1. The number of nitrogens with one attached hydrogen (secondary N) is 1. The van der Waals surface area contributed by atoms with Crippen LogP contribution in [-0.4, -0.2) is 79.8 Å². The van der Waals surface area contributed by atoms with E-state index in [1.54, 1.807) is 0 Å². The maximum atomic E-state index is 13.0. The Morgan fingerprint density at radius 2 is 0.836 bits per heavy atom. The van der Waals surface area contributed by atoms with Gasteiger partial charge in [0.05, 0.1) is 39.9 Å². The highest BCUT2D eigenvalue weighted by atomic mass is 31.2. The summed E-state index contributed by atoms with van der Waals surface area (Å²) in [7, 11) is 1.10. The van der Waals surface area contributed by atoms with Crippen molar-refractivity contribution in [1.29, 1.82) is 0 Å². The average molecular weight is 1050 g/mol. The highest BCUT2D eigenvalue weighted by Crippen LogP contribution is 2.38. The van der Waals surface area contributed by atoms with Crippen LogP contribution in [0.15, 0.2) is 60.8 Å². The number of amides is 1. The summed E-state index contributed by atoms with van der Waals surface area (Å²) in [5, 5.41) is 24.7. The predicted molar refractivity (Wildman–Crippen MR) is 313 cm³/mol. The van der Waals surface area contributed by atoms with E-state index in [0.717, 1.165) is 57.8 Å². The number of phosphoric ester groups is 1. The molecule has 4 atom stereocenters. The maximum absolute atomic E-state index is 13.0. The molecule has 73 heavy (non-hydrogen) atoms. The molecule has 0 saturated carbocycles. The van der Waals surface area contributed by atoms with E-state index in [4.69, 9.17) is 9.05 Å². The zero-order chi connectivity index (χ0) is 53.6. The van der Waals surface area contributed by atoms with E-state index in [9.17, 15) is 24.5 Å². The van der Waals surface area contributed by atoms with E-state index >= 15 is 0 Å². The lowest BCUT2D eigenvalue weighted by molar-refractivity contribution is -0.870. The molecule has 0 aliphatic heterocycles. The van der Waals surface area contributed by atoms with Crippen LogP contribution in [-0.2, 0) is 18.4 Å². The molecule has 0 saturated heterocycles. The first kappa shape index (κ1) is 71.2. The zero-order valence-corrected chi connectivity index (χ0v) is 49.3. The van der Waals surface area contributed by atoms with Crippen LogP contribution < -0.4 is 10.2 Å². The van der Waals surface area contributed by atoms with Crippen LogP contribution in [0.1, 0.15) is 277 Å². The molecule has 0 aliphatic rings. The maximum Gasteiger partial charge on any atom is 0.268 e. The van der Waals surface area contributed by atoms with Gasteiger partial charge in [0, 0.05) is 6.42 Å². The summed E-state index contributed by atoms with van der Waals surface area (Å²) >= 11 is 0. The first-order chi connectivity index (χ1) is 35.4. The van der Waals surface area contributed by atoms with Crippen LogP contribution >= 0.6 is 7.82 Å². The van der Waals surface area contributed by atoms with Gasteiger partial charge in [-0.2, -0.15) is 0 Å².